The molecule has 0 aliphatic carbocycles. The molecule has 0 radical (unpaired) electrons. The first-order valence-electron chi connectivity index (χ1n) is 10.4. The lowest BCUT2D eigenvalue weighted by molar-refractivity contribution is 0.277. The van der Waals surface area contributed by atoms with E-state index in [1.807, 2.05) is 30.5 Å². The summed E-state index contributed by atoms with van der Waals surface area (Å²) in [6.07, 6.45) is 1.84. The van der Waals surface area contributed by atoms with Gasteiger partial charge in [-0.05, 0) is 88.2 Å². The minimum Gasteiger partial charge on any atom is -0.352 e. The van der Waals surface area contributed by atoms with Crippen molar-refractivity contribution in [1.82, 2.24) is 24.7 Å². The fourth-order valence-corrected chi connectivity index (χ4v) is 4.82. The third-order valence-electron chi connectivity index (χ3n) is 5.86. The summed E-state index contributed by atoms with van der Waals surface area (Å²) >= 11 is 11.9. The molecule has 1 fully saturated rings. The van der Waals surface area contributed by atoms with Crippen LogP contribution < -0.4 is 5.32 Å². The first-order valence-corrected chi connectivity index (χ1v) is 11.2. The summed E-state index contributed by atoms with van der Waals surface area (Å²) in [6.45, 7) is 6.09. The first-order chi connectivity index (χ1) is 14.9. The zero-order chi connectivity index (χ0) is 22.1. The van der Waals surface area contributed by atoms with E-state index in [0.717, 1.165) is 34.6 Å². The summed E-state index contributed by atoms with van der Waals surface area (Å²) in [5.41, 5.74) is 5.74. The molecule has 162 valence electrons. The molecule has 4 rings (SSSR count). The highest BCUT2D eigenvalue weighted by atomic mass is 35.5. The van der Waals surface area contributed by atoms with Crippen LogP contribution in [0.2, 0.25) is 5.02 Å². The van der Waals surface area contributed by atoms with Crippen LogP contribution in [0.25, 0.3) is 5.69 Å². The Morgan fingerprint density at radius 2 is 1.87 bits per heavy atom. The Labute approximate surface area is 194 Å². The molecule has 0 saturated carbocycles. The number of hydrogen-bond donors (Lipinski definition) is 1. The summed E-state index contributed by atoms with van der Waals surface area (Å²) in [5, 5.41) is 5.06. The summed E-state index contributed by atoms with van der Waals surface area (Å²) < 4.78 is 2.28. The van der Waals surface area contributed by atoms with Crippen LogP contribution in [-0.2, 0) is 0 Å². The maximum absolute atomic E-state index is 6.12. The molecule has 0 spiro atoms. The Morgan fingerprint density at radius 3 is 2.52 bits per heavy atom. The van der Waals surface area contributed by atoms with E-state index >= 15 is 0 Å². The fraction of sp³-hybridized carbons (Fsp3) is 0.333. The van der Waals surface area contributed by atoms with Gasteiger partial charge in [-0.15, -0.1) is 0 Å². The minimum absolute atomic E-state index is 0.00460. The lowest BCUT2D eigenvalue weighted by atomic mass is 9.97. The number of halogens is 1. The zero-order valence-corrected chi connectivity index (χ0v) is 19.9. The molecule has 1 saturated heterocycles. The van der Waals surface area contributed by atoms with Gasteiger partial charge in [0.2, 0.25) is 0 Å². The first kappa shape index (κ1) is 21.8. The molecular formula is C24H28ClN5S. The number of aromatic nitrogens is 2. The number of likely N-dealkylation sites (N-methyl/N-ethyl adjacent to an activating group) is 1. The number of nitrogens with zero attached hydrogens (tertiary/aromatic N) is 4. The predicted octanol–water partition coefficient (Wildman–Crippen LogP) is 4.68. The highest BCUT2D eigenvalue weighted by Crippen LogP contribution is 2.41. The molecule has 1 aliphatic rings. The highest BCUT2D eigenvalue weighted by Gasteiger charge is 2.41. The van der Waals surface area contributed by atoms with Gasteiger partial charge in [0.25, 0.3) is 0 Å². The van der Waals surface area contributed by atoms with Gasteiger partial charge in [0, 0.05) is 41.4 Å². The standard InChI is InChI=1S/C24H28ClN5S/c1-16-15-20(17(2)30(16)19-10-8-18(25)9-11-19)23-22(21-7-5-6-12-26-21)27-24(31)29(23)14-13-28(3)4/h5-12,15,22-23H,13-14H2,1-4H3,(H,27,31). The number of nitrogens with one attached hydrogen (secondary N) is 1. The van der Waals surface area contributed by atoms with Gasteiger partial charge in [-0.3, -0.25) is 4.98 Å². The van der Waals surface area contributed by atoms with Crippen LogP contribution in [0, 0.1) is 13.8 Å². The fourth-order valence-electron chi connectivity index (χ4n) is 4.37. The largest absolute Gasteiger partial charge is 0.352 e. The van der Waals surface area contributed by atoms with Crippen molar-refractivity contribution in [2.75, 3.05) is 27.2 Å². The predicted molar refractivity (Wildman–Crippen MR) is 131 cm³/mol. The van der Waals surface area contributed by atoms with E-state index in [1.165, 1.54) is 17.0 Å². The number of benzene rings is 1. The second-order valence-electron chi connectivity index (χ2n) is 8.26. The van der Waals surface area contributed by atoms with Crippen molar-refractivity contribution in [3.63, 3.8) is 0 Å². The van der Waals surface area contributed by atoms with E-state index in [9.17, 15) is 0 Å². The second-order valence-corrected chi connectivity index (χ2v) is 9.08. The molecular weight excluding hydrogens is 426 g/mol. The average molecular weight is 454 g/mol. The third-order valence-corrected chi connectivity index (χ3v) is 6.46. The van der Waals surface area contributed by atoms with Gasteiger partial charge in [0.1, 0.15) is 0 Å². The molecule has 31 heavy (non-hydrogen) atoms. The molecule has 0 amide bonds. The number of thiocarbonyl (C=S) groups is 1. The normalized spacial score (nSPS) is 18.6. The van der Waals surface area contributed by atoms with Crippen LogP contribution in [0.4, 0.5) is 0 Å². The topological polar surface area (TPSA) is 36.3 Å². The molecule has 5 nitrogen and oxygen atoms in total. The van der Waals surface area contributed by atoms with Gasteiger partial charge in [-0.25, -0.2) is 0 Å². The van der Waals surface area contributed by atoms with Crippen molar-refractivity contribution in [3.8, 4) is 5.69 Å². The quantitative estimate of drug-likeness (QED) is 0.548. The van der Waals surface area contributed by atoms with Crippen LogP contribution in [0.15, 0.2) is 54.7 Å². The number of rotatable bonds is 6. The third kappa shape index (κ3) is 4.33. The molecule has 1 aliphatic heterocycles. The monoisotopic (exact) mass is 453 g/mol. The van der Waals surface area contributed by atoms with E-state index in [1.54, 1.807) is 0 Å². The van der Waals surface area contributed by atoms with Gasteiger partial charge < -0.3 is 19.7 Å². The SMILES string of the molecule is Cc1cc(C2C(c3ccccn3)NC(=S)N2CCN(C)C)c(C)n1-c1ccc(Cl)cc1. The molecule has 2 aromatic heterocycles. The Balaban J connectivity index is 1.80. The van der Waals surface area contributed by atoms with E-state index in [0.29, 0.717) is 0 Å². The maximum atomic E-state index is 6.12. The maximum Gasteiger partial charge on any atom is 0.170 e. The molecule has 3 aromatic rings. The second kappa shape index (κ2) is 8.99. The van der Waals surface area contributed by atoms with Crippen molar-refractivity contribution >= 4 is 28.9 Å². The summed E-state index contributed by atoms with van der Waals surface area (Å²) in [6, 6.07) is 16.4. The smallest absolute Gasteiger partial charge is 0.170 e. The van der Waals surface area contributed by atoms with Crippen LogP contribution in [0.1, 0.15) is 34.7 Å². The Hall–Kier alpha value is -2.41. The molecule has 1 N–H and O–H groups in total. The summed E-state index contributed by atoms with van der Waals surface area (Å²) in [7, 11) is 4.17. The van der Waals surface area contributed by atoms with Crippen LogP contribution in [0.5, 0.6) is 0 Å². The minimum atomic E-state index is -0.00460. The van der Waals surface area contributed by atoms with E-state index in [2.05, 4.69) is 76.9 Å². The van der Waals surface area contributed by atoms with Crippen molar-refractivity contribution in [3.05, 3.63) is 82.4 Å². The molecule has 3 heterocycles. The molecule has 7 heteroatoms. The van der Waals surface area contributed by atoms with Gasteiger partial charge in [0.15, 0.2) is 5.11 Å². The number of hydrogen-bond acceptors (Lipinski definition) is 3. The van der Waals surface area contributed by atoms with Crippen LogP contribution >= 0.6 is 23.8 Å². The van der Waals surface area contributed by atoms with E-state index in [4.69, 9.17) is 23.8 Å². The van der Waals surface area contributed by atoms with Crippen molar-refractivity contribution < 1.29 is 0 Å². The highest BCUT2D eigenvalue weighted by molar-refractivity contribution is 7.80. The van der Waals surface area contributed by atoms with E-state index in [-0.39, 0.29) is 12.1 Å². The molecule has 2 atom stereocenters. The van der Waals surface area contributed by atoms with Gasteiger partial charge in [-0.2, -0.15) is 0 Å². The van der Waals surface area contributed by atoms with Crippen LogP contribution in [-0.4, -0.2) is 51.6 Å². The number of pyridine rings is 1. The Bertz CT molecular complexity index is 1060. The summed E-state index contributed by atoms with van der Waals surface area (Å²) in [5.74, 6) is 0. The van der Waals surface area contributed by atoms with Crippen molar-refractivity contribution in [1.29, 1.82) is 0 Å². The van der Waals surface area contributed by atoms with Crippen molar-refractivity contribution in [2.45, 2.75) is 25.9 Å². The average Bonchev–Trinajstić information content (AvgIpc) is 3.23. The molecule has 0 bridgehead atoms. The summed E-state index contributed by atoms with van der Waals surface area (Å²) in [4.78, 5) is 9.14. The van der Waals surface area contributed by atoms with Crippen LogP contribution in [0.3, 0.4) is 0 Å². The Kier molecular flexibility index (Phi) is 6.32. The van der Waals surface area contributed by atoms with Gasteiger partial charge in [0.05, 0.1) is 17.8 Å². The Morgan fingerprint density at radius 1 is 1.13 bits per heavy atom. The van der Waals surface area contributed by atoms with E-state index < -0.39 is 0 Å². The number of aryl methyl sites for hydroxylation is 1. The zero-order valence-electron chi connectivity index (χ0n) is 18.3. The van der Waals surface area contributed by atoms with Gasteiger partial charge in [-0.1, -0.05) is 17.7 Å². The molecule has 2 unspecified atom stereocenters. The lowest BCUT2D eigenvalue weighted by Crippen LogP contribution is -2.35. The van der Waals surface area contributed by atoms with Crippen molar-refractivity contribution in [2.24, 2.45) is 0 Å². The molecule has 1 aromatic carbocycles. The lowest BCUT2D eigenvalue weighted by Gasteiger charge is -2.29. The van der Waals surface area contributed by atoms with Gasteiger partial charge >= 0.3 is 0 Å².